The molecule has 0 bridgehead atoms. The first-order valence-corrected chi connectivity index (χ1v) is 9.67. The van der Waals surface area contributed by atoms with Crippen molar-refractivity contribution in [2.75, 3.05) is 46.4 Å². The molecule has 0 aliphatic carbocycles. The van der Waals surface area contributed by atoms with Crippen molar-refractivity contribution in [2.24, 2.45) is 17.6 Å². The van der Waals surface area contributed by atoms with E-state index in [1.165, 1.54) is 0 Å². The maximum absolute atomic E-state index is 14.8. The number of nitrogens with zero attached hydrogens (tertiary/aromatic N) is 2. The fourth-order valence-electron chi connectivity index (χ4n) is 4.91. The Morgan fingerprint density at radius 3 is 2.74 bits per heavy atom. The summed E-state index contributed by atoms with van der Waals surface area (Å²) in [6, 6.07) is -0.299. The Morgan fingerprint density at radius 1 is 1.19 bits per heavy atom. The Hall–Kier alpha value is -0.950. The number of carbonyl (C=O) groups excluding carboxylic acids is 1. The Balaban J connectivity index is 1.46. The van der Waals surface area contributed by atoms with E-state index in [2.05, 4.69) is 31.6 Å². The van der Waals surface area contributed by atoms with Gasteiger partial charge in [0.05, 0.1) is 18.2 Å². The van der Waals surface area contributed by atoms with Crippen LogP contribution in [-0.4, -0.2) is 99.0 Å². The third kappa shape index (κ3) is 3.69. The summed E-state index contributed by atoms with van der Waals surface area (Å²) in [7, 11) is 1.96. The minimum atomic E-state index is -1.04. The van der Waals surface area contributed by atoms with Gasteiger partial charge in [-0.3, -0.25) is 15.0 Å². The molecule has 11 heteroatoms. The molecule has 7 N–H and O–H groups in total. The average molecular weight is 388 g/mol. The predicted octanol–water partition coefficient (Wildman–Crippen LogP) is -3.12. The number of halogens is 2. The molecule has 0 saturated carbocycles. The summed E-state index contributed by atoms with van der Waals surface area (Å²) in [5.74, 6) is -1.10. The van der Waals surface area contributed by atoms with Crippen LogP contribution >= 0.6 is 0 Å². The maximum Gasteiger partial charge on any atom is 0.229 e. The molecule has 4 aliphatic heterocycles. The van der Waals surface area contributed by atoms with Crippen molar-refractivity contribution < 1.29 is 13.6 Å². The van der Waals surface area contributed by atoms with E-state index in [4.69, 9.17) is 5.73 Å². The molecule has 1 amide bonds. The molecule has 0 aromatic heterocycles. The van der Waals surface area contributed by atoms with E-state index in [-0.39, 0.29) is 43.2 Å². The number of hydrogen-bond acceptors (Lipinski definition) is 8. The molecule has 27 heavy (non-hydrogen) atoms. The summed E-state index contributed by atoms with van der Waals surface area (Å²) >= 11 is 0. The molecular formula is C16H30F2N8O. The van der Waals surface area contributed by atoms with E-state index in [1.54, 1.807) is 5.01 Å². The highest BCUT2D eigenvalue weighted by Gasteiger charge is 2.49. The van der Waals surface area contributed by atoms with E-state index < -0.39 is 24.4 Å². The largest absolute Gasteiger partial charge is 0.351 e. The second kappa shape index (κ2) is 7.82. The molecule has 9 nitrogen and oxygen atoms in total. The lowest BCUT2D eigenvalue weighted by Crippen LogP contribution is -2.64. The highest BCUT2D eigenvalue weighted by atomic mass is 19.1. The van der Waals surface area contributed by atoms with Gasteiger partial charge in [0.1, 0.15) is 12.3 Å². The molecule has 4 rings (SSSR count). The van der Waals surface area contributed by atoms with Crippen LogP contribution in [0.4, 0.5) is 8.78 Å². The van der Waals surface area contributed by atoms with Crippen LogP contribution in [0.15, 0.2) is 0 Å². The van der Waals surface area contributed by atoms with Gasteiger partial charge >= 0.3 is 0 Å². The van der Waals surface area contributed by atoms with E-state index in [1.807, 2.05) is 7.05 Å². The summed E-state index contributed by atoms with van der Waals surface area (Å²) in [4.78, 5) is 15.1. The van der Waals surface area contributed by atoms with Gasteiger partial charge in [0.15, 0.2) is 0 Å². The van der Waals surface area contributed by atoms with Gasteiger partial charge in [0.25, 0.3) is 0 Å². The summed E-state index contributed by atoms with van der Waals surface area (Å²) < 4.78 is 28.4. The number of hydrogen-bond donors (Lipinski definition) is 6. The first kappa shape index (κ1) is 19.4. The van der Waals surface area contributed by atoms with Crippen LogP contribution in [-0.2, 0) is 4.79 Å². The highest BCUT2D eigenvalue weighted by molar-refractivity contribution is 5.80. The average Bonchev–Trinajstić information content (AvgIpc) is 3.17. The lowest BCUT2D eigenvalue weighted by molar-refractivity contribution is -0.128. The second-order valence-electron chi connectivity index (χ2n) is 8.09. The minimum absolute atomic E-state index is 0.0272. The zero-order valence-electron chi connectivity index (χ0n) is 15.5. The topological polar surface area (TPSA) is 110 Å². The lowest BCUT2D eigenvalue weighted by Gasteiger charge is -2.41. The fourth-order valence-corrected chi connectivity index (χ4v) is 4.91. The minimum Gasteiger partial charge on any atom is -0.351 e. The second-order valence-corrected chi connectivity index (χ2v) is 8.09. The Morgan fingerprint density at radius 2 is 2.00 bits per heavy atom. The summed E-state index contributed by atoms with van der Waals surface area (Å²) in [6.45, 7) is 2.61. The van der Waals surface area contributed by atoms with Crippen LogP contribution in [0, 0.1) is 11.8 Å². The van der Waals surface area contributed by atoms with Crippen molar-refractivity contribution in [2.45, 2.75) is 36.8 Å². The number of carbonyl (C=O) groups is 1. The SMILES string of the molecule is CN1CNCC1C1C(F)CNCC1NC(=O)C1C(N)NN2CC(F)CNC12. The number of nitrogens with one attached hydrogen (secondary N) is 5. The van der Waals surface area contributed by atoms with Gasteiger partial charge in [-0.25, -0.2) is 19.2 Å². The molecule has 4 saturated heterocycles. The van der Waals surface area contributed by atoms with Crippen LogP contribution in [0.1, 0.15) is 0 Å². The number of piperidine rings is 1. The number of rotatable bonds is 3. The molecule has 8 atom stereocenters. The quantitative estimate of drug-likeness (QED) is 0.301. The zero-order valence-corrected chi connectivity index (χ0v) is 15.5. The maximum atomic E-state index is 14.8. The third-order valence-corrected chi connectivity index (χ3v) is 6.26. The van der Waals surface area contributed by atoms with Gasteiger partial charge in [-0.1, -0.05) is 0 Å². The van der Waals surface area contributed by atoms with Crippen molar-refractivity contribution >= 4 is 5.91 Å². The molecule has 4 heterocycles. The number of amides is 1. The summed E-state index contributed by atoms with van der Waals surface area (Å²) in [5.41, 5.74) is 9.09. The van der Waals surface area contributed by atoms with Gasteiger partial charge in [0, 0.05) is 57.4 Å². The van der Waals surface area contributed by atoms with Crippen LogP contribution in [0.2, 0.25) is 0 Å². The van der Waals surface area contributed by atoms with Crippen LogP contribution in [0.3, 0.4) is 0 Å². The van der Waals surface area contributed by atoms with Gasteiger partial charge in [-0.05, 0) is 7.05 Å². The van der Waals surface area contributed by atoms with Gasteiger partial charge in [-0.15, -0.1) is 0 Å². The van der Waals surface area contributed by atoms with Crippen molar-refractivity contribution in [1.82, 2.24) is 36.6 Å². The Labute approximate surface area is 157 Å². The number of fused-ring (bicyclic) bond motifs is 1. The third-order valence-electron chi connectivity index (χ3n) is 6.26. The van der Waals surface area contributed by atoms with E-state index >= 15 is 0 Å². The summed E-state index contributed by atoms with van der Waals surface area (Å²) in [5, 5.41) is 14.1. The molecule has 0 radical (unpaired) electrons. The Kier molecular flexibility index (Phi) is 5.61. The predicted molar refractivity (Wildman–Crippen MR) is 95.6 cm³/mol. The van der Waals surface area contributed by atoms with Gasteiger partial charge in [0.2, 0.25) is 5.91 Å². The van der Waals surface area contributed by atoms with Crippen LogP contribution in [0.25, 0.3) is 0 Å². The van der Waals surface area contributed by atoms with E-state index in [9.17, 15) is 13.6 Å². The highest BCUT2D eigenvalue weighted by Crippen LogP contribution is 2.27. The fraction of sp³-hybridized carbons (Fsp3) is 0.938. The zero-order chi connectivity index (χ0) is 19.1. The normalized spacial score (nSPS) is 46.4. The molecule has 0 aromatic carbocycles. The molecule has 8 unspecified atom stereocenters. The number of likely N-dealkylation sites (N-methyl/N-ethyl adjacent to an activating group) is 1. The van der Waals surface area contributed by atoms with Crippen molar-refractivity contribution in [3.63, 3.8) is 0 Å². The van der Waals surface area contributed by atoms with Crippen LogP contribution < -0.4 is 32.4 Å². The number of alkyl halides is 2. The molecule has 0 aromatic rings. The monoisotopic (exact) mass is 388 g/mol. The molecule has 4 aliphatic rings. The van der Waals surface area contributed by atoms with Crippen LogP contribution in [0.5, 0.6) is 0 Å². The molecule has 4 fully saturated rings. The van der Waals surface area contributed by atoms with Crippen molar-refractivity contribution in [3.05, 3.63) is 0 Å². The summed E-state index contributed by atoms with van der Waals surface area (Å²) in [6.07, 6.45) is -3.02. The lowest BCUT2D eigenvalue weighted by atomic mass is 9.83. The van der Waals surface area contributed by atoms with Gasteiger partial charge in [-0.2, -0.15) is 0 Å². The smallest absolute Gasteiger partial charge is 0.229 e. The van der Waals surface area contributed by atoms with Crippen molar-refractivity contribution in [3.8, 4) is 0 Å². The number of nitrogens with two attached hydrogens (primary N) is 1. The molecule has 154 valence electrons. The number of hydrazine groups is 1. The Bertz CT molecular complexity index is 557. The van der Waals surface area contributed by atoms with Gasteiger partial charge < -0.3 is 21.7 Å². The van der Waals surface area contributed by atoms with Crippen molar-refractivity contribution in [1.29, 1.82) is 0 Å². The first-order chi connectivity index (χ1) is 13.0. The van der Waals surface area contributed by atoms with E-state index in [0.29, 0.717) is 26.3 Å². The molecule has 0 spiro atoms. The standard InChI is InChI=1S/C16H30F2N8O/c1-25-7-21-5-11(25)12-9(18)3-20-4-10(12)23-16(27)13-14(19)24-26-6-8(17)2-22-15(13)26/h8-15,20-22,24H,2-7,19H2,1H3,(H,23,27). The van der Waals surface area contributed by atoms with E-state index in [0.717, 1.165) is 0 Å². The first-order valence-electron chi connectivity index (χ1n) is 9.67. The molecular weight excluding hydrogens is 358 g/mol.